The molecule has 0 aliphatic heterocycles. The Balaban J connectivity index is 1.70. The Morgan fingerprint density at radius 2 is 1.49 bits per heavy atom. The second-order valence-corrected chi connectivity index (χ2v) is 10.6. The maximum atomic E-state index is 13.5. The van der Waals surface area contributed by atoms with Crippen LogP contribution in [0.2, 0.25) is 0 Å². The Labute approximate surface area is 238 Å². The van der Waals surface area contributed by atoms with E-state index < -0.39 is 41.3 Å². The first-order valence-corrected chi connectivity index (χ1v) is 13.0. The molecule has 218 valence electrons. The van der Waals surface area contributed by atoms with Gasteiger partial charge in [0, 0.05) is 17.3 Å². The lowest BCUT2D eigenvalue weighted by Crippen LogP contribution is -2.34. The van der Waals surface area contributed by atoms with Gasteiger partial charge in [0.15, 0.2) is 11.6 Å². The van der Waals surface area contributed by atoms with Crippen LogP contribution in [0.5, 0.6) is 0 Å². The SMILES string of the molecule is CN(C)CCC(NC(=O)Nc1ccc(F)c(F)c1)c1ccc(C(=O)Nc2ccccc2NC(=O)OC(C)(C)C)cc1. The van der Waals surface area contributed by atoms with E-state index in [-0.39, 0.29) is 5.69 Å². The average molecular weight is 568 g/mol. The van der Waals surface area contributed by atoms with Crippen molar-refractivity contribution in [1.29, 1.82) is 0 Å². The number of para-hydroxylation sites is 2. The third-order valence-electron chi connectivity index (χ3n) is 5.73. The van der Waals surface area contributed by atoms with Gasteiger partial charge in [-0.25, -0.2) is 18.4 Å². The summed E-state index contributed by atoms with van der Waals surface area (Å²) >= 11 is 0. The number of urea groups is 1. The predicted molar refractivity (Wildman–Crippen MR) is 155 cm³/mol. The Kier molecular flexibility index (Phi) is 10.4. The van der Waals surface area contributed by atoms with Gasteiger partial charge in [0.05, 0.1) is 17.4 Å². The van der Waals surface area contributed by atoms with Gasteiger partial charge in [-0.2, -0.15) is 0 Å². The van der Waals surface area contributed by atoms with E-state index in [1.165, 1.54) is 6.07 Å². The number of halogens is 2. The molecule has 4 amide bonds. The Hall–Kier alpha value is -4.51. The van der Waals surface area contributed by atoms with Gasteiger partial charge in [-0.05, 0) is 89.8 Å². The van der Waals surface area contributed by atoms with Crippen molar-refractivity contribution in [2.45, 2.75) is 38.8 Å². The van der Waals surface area contributed by atoms with E-state index in [1.807, 2.05) is 19.0 Å². The lowest BCUT2D eigenvalue weighted by atomic mass is 10.0. The van der Waals surface area contributed by atoms with Gasteiger partial charge in [-0.3, -0.25) is 10.1 Å². The van der Waals surface area contributed by atoms with Gasteiger partial charge >= 0.3 is 12.1 Å². The van der Waals surface area contributed by atoms with Crippen LogP contribution in [-0.4, -0.2) is 49.2 Å². The number of nitrogens with one attached hydrogen (secondary N) is 4. The largest absolute Gasteiger partial charge is 0.444 e. The number of amides is 4. The molecule has 3 aromatic rings. The first-order valence-electron chi connectivity index (χ1n) is 13.0. The lowest BCUT2D eigenvalue weighted by Gasteiger charge is -2.22. The Morgan fingerprint density at radius 1 is 0.854 bits per heavy atom. The molecule has 0 aromatic heterocycles. The van der Waals surface area contributed by atoms with Gasteiger partial charge in [0.2, 0.25) is 0 Å². The summed E-state index contributed by atoms with van der Waals surface area (Å²) in [5.74, 6) is -2.47. The van der Waals surface area contributed by atoms with Crippen molar-refractivity contribution in [3.63, 3.8) is 0 Å². The van der Waals surface area contributed by atoms with Crippen molar-refractivity contribution in [1.82, 2.24) is 10.2 Å². The van der Waals surface area contributed by atoms with Crippen molar-refractivity contribution in [2.24, 2.45) is 0 Å². The standard InChI is InChI=1S/C30H35F2N5O4/c1-30(2,3)41-29(40)36-26-9-7-6-8-25(26)34-27(38)20-12-10-19(11-13-20)24(16-17-37(4)5)35-28(39)33-21-14-15-22(31)23(32)18-21/h6-15,18,24H,16-17H2,1-5H3,(H,34,38)(H,36,40)(H2,33,35,39). The van der Waals surface area contributed by atoms with Crippen molar-refractivity contribution in [3.8, 4) is 0 Å². The molecule has 1 unspecified atom stereocenters. The molecule has 0 saturated heterocycles. The summed E-state index contributed by atoms with van der Waals surface area (Å²) in [5, 5.41) is 10.8. The van der Waals surface area contributed by atoms with Crippen LogP contribution in [0.3, 0.4) is 0 Å². The van der Waals surface area contributed by atoms with Crippen molar-refractivity contribution in [3.05, 3.63) is 89.5 Å². The van der Waals surface area contributed by atoms with Crippen molar-refractivity contribution >= 4 is 35.1 Å². The molecular weight excluding hydrogens is 532 g/mol. The predicted octanol–water partition coefficient (Wildman–Crippen LogP) is 6.38. The Morgan fingerprint density at radius 3 is 2.07 bits per heavy atom. The van der Waals surface area contributed by atoms with Crippen LogP contribution >= 0.6 is 0 Å². The van der Waals surface area contributed by atoms with Crippen molar-refractivity contribution in [2.75, 3.05) is 36.6 Å². The second-order valence-electron chi connectivity index (χ2n) is 10.6. The number of hydrogen-bond acceptors (Lipinski definition) is 5. The van der Waals surface area contributed by atoms with E-state index in [2.05, 4.69) is 21.3 Å². The van der Waals surface area contributed by atoms with Crippen LogP contribution in [0.15, 0.2) is 66.7 Å². The fraction of sp³-hybridized carbons (Fsp3) is 0.300. The van der Waals surface area contributed by atoms with E-state index >= 15 is 0 Å². The summed E-state index contributed by atoms with van der Waals surface area (Å²) in [6, 6.07) is 15.6. The smallest absolute Gasteiger partial charge is 0.412 e. The highest BCUT2D eigenvalue weighted by Crippen LogP contribution is 2.24. The van der Waals surface area contributed by atoms with E-state index in [4.69, 9.17) is 4.74 Å². The highest BCUT2D eigenvalue weighted by Gasteiger charge is 2.19. The minimum atomic E-state index is -1.07. The zero-order chi connectivity index (χ0) is 30.2. The first kappa shape index (κ1) is 31.0. The molecule has 3 aromatic carbocycles. The quantitative estimate of drug-likeness (QED) is 0.240. The molecule has 9 nitrogen and oxygen atoms in total. The minimum absolute atomic E-state index is 0.112. The van der Waals surface area contributed by atoms with Gasteiger partial charge in [-0.15, -0.1) is 0 Å². The molecule has 0 aliphatic rings. The average Bonchev–Trinajstić information content (AvgIpc) is 2.88. The van der Waals surface area contributed by atoms with Crippen LogP contribution in [0.1, 0.15) is 49.2 Å². The molecule has 0 saturated carbocycles. The molecule has 4 N–H and O–H groups in total. The van der Waals surface area contributed by atoms with E-state index in [0.717, 1.165) is 17.7 Å². The van der Waals surface area contributed by atoms with Crippen LogP contribution in [0.4, 0.5) is 35.4 Å². The van der Waals surface area contributed by atoms with Crippen molar-refractivity contribution < 1.29 is 27.9 Å². The zero-order valence-corrected chi connectivity index (χ0v) is 23.7. The third-order valence-corrected chi connectivity index (χ3v) is 5.73. The van der Waals surface area contributed by atoms with E-state index in [1.54, 1.807) is 69.3 Å². The first-order chi connectivity index (χ1) is 19.3. The van der Waals surface area contributed by atoms with Crippen LogP contribution in [-0.2, 0) is 4.74 Å². The van der Waals surface area contributed by atoms with Crippen LogP contribution in [0, 0.1) is 11.6 Å². The molecule has 0 fully saturated rings. The number of hydrogen-bond donors (Lipinski definition) is 4. The fourth-order valence-corrected chi connectivity index (χ4v) is 3.78. The molecule has 41 heavy (non-hydrogen) atoms. The van der Waals surface area contributed by atoms with E-state index in [0.29, 0.717) is 29.9 Å². The molecule has 0 bridgehead atoms. The minimum Gasteiger partial charge on any atom is -0.444 e. The summed E-state index contributed by atoms with van der Waals surface area (Å²) < 4.78 is 32.1. The summed E-state index contributed by atoms with van der Waals surface area (Å²) in [4.78, 5) is 39.8. The normalized spacial score (nSPS) is 11.9. The maximum Gasteiger partial charge on any atom is 0.412 e. The number of carbonyl (C=O) groups excluding carboxylic acids is 3. The van der Waals surface area contributed by atoms with Gasteiger partial charge in [-0.1, -0.05) is 24.3 Å². The summed E-state index contributed by atoms with van der Waals surface area (Å²) in [6.07, 6.45) is -0.0959. The highest BCUT2D eigenvalue weighted by molar-refractivity contribution is 6.06. The summed E-state index contributed by atoms with van der Waals surface area (Å²) in [5.41, 5.74) is 1.32. The fourth-order valence-electron chi connectivity index (χ4n) is 3.78. The number of anilines is 3. The maximum absolute atomic E-state index is 13.5. The van der Waals surface area contributed by atoms with E-state index in [9.17, 15) is 23.2 Å². The monoisotopic (exact) mass is 567 g/mol. The zero-order valence-electron chi connectivity index (χ0n) is 23.7. The van der Waals surface area contributed by atoms with Crippen LogP contribution in [0.25, 0.3) is 0 Å². The topological polar surface area (TPSA) is 112 Å². The number of nitrogens with zero attached hydrogens (tertiary/aromatic N) is 1. The molecule has 1 atom stereocenters. The molecule has 3 rings (SSSR count). The molecule has 0 heterocycles. The number of rotatable bonds is 9. The van der Waals surface area contributed by atoms with Gasteiger partial charge < -0.3 is 25.6 Å². The lowest BCUT2D eigenvalue weighted by molar-refractivity contribution is 0.0635. The number of carbonyl (C=O) groups is 3. The molecule has 0 spiro atoms. The Bertz CT molecular complexity index is 1370. The van der Waals surface area contributed by atoms with Crippen LogP contribution < -0.4 is 21.3 Å². The van der Waals surface area contributed by atoms with Gasteiger partial charge in [0.25, 0.3) is 5.91 Å². The third kappa shape index (κ3) is 9.87. The number of ether oxygens (including phenoxy) is 1. The second kappa shape index (κ2) is 13.7. The summed E-state index contributed by atoms with van der Waals surface area (Å²) in [6.45, 7) is 5.91. The molecular formula is C30H35F2N5O4. The summed E-state index contributed by atoms with van der Waals surface area (Å²) in [7, 11) is 3.81. The highest BCUT2D eigenvalue weighted by atomic mass is 19.2. The van der Waals surface area contributed by atoms with Gasteiger partial charge in [0.1, 0.15) is 5.60 Å². The number of benzene rings is 3. The molecule has 0 radical (unpaired) electrons. The molecule has 0 aliphatic carbocycles. The molecule has 11 heteroatoms.